The number of fused-ring (bicyclic) bond motifs is 1. The van der Waals surface area contributed by atoms with Crippen LogP contribution in [0.3, 0.4) is 0 Å². The van der Waals surface area contributed by atoms with E-state index in [1.165, 1.54) is 16.3 Å². The molecule has 0 aliphatic carbocycles. The number of anilines is 1. The van der Waals surface area contributed by atoms with Gasteiger partial charge in [0, 0.05) is 45.1 Å². The lowest BCUT2D eigenvalue weighted by Crippen LogP contribution is -2.45. The van der Waals surface area contributed by atoms with Crippen molar-refractivity contribution < 1.29 is 0 Å². The first kappa shape index (κ1) is 21.5. The van der Waals surface area contributed by atoms with E-state index in [0.29, 0.717) is 16.2 Å². The molecule has 3 aromatic rings. The number of piperidine rings is 1. The highest BCUT2D eigenvalue weighted by atomic mass is 35.5. The highest BCUT2D eigenvalue weighted by Crippen LogP contribution is 2.28. The lowest BCUT2D eigenvalue weighted by atomic mass is 10.0. The standard InChI is InChI=1S/C22H27ClN6O2/c1-14-9-15(13-26(2)3)11-24-19(14)28-7-5-17(6-8-28)29-20-18(10-16(23)12-25-20)27(4)21(30)22(29)31/h9-12,17H,5-8,13H2,1-4H3. The van der Waals surface area contributed by atoms with Crippen molar-refractivity contribution in [3.05, 3.63) is 61.4 Å². The zero-order chi connectivity index (χ0) is 22.3. The van der Waals surface area contributed by atoms with E-state index in [1.807, 2.05) is 20.3 Å². The maximum Gasteiger partial charge on any atom is 0.318 e. The van der Waals surface area contributed by atoms with Crippen molar-refractivity contribution >= 4 is 28.6 Å². The van der Waals surface area contributed by atoms with Crippen LogP contribution in [0.2, 0.25) is 5.02 Å². The van der Waals surface area contributed by atoms with Crippen molar-refractivity contribution in [2.75, 3.05) is 32.1 Å². The minimum absolute atomic E-state index is 0.0952. The molecule has 0 N–H and O–H groups in total. The summed E-state index contributed by atoms with van der Waals surface area (Å²) in [6.45, 7) is 4.44. The van der Waals surface area contributed by atoms with Crippen molar-refractivity contribution in [2.24, 2.45) is 7.05 Å². The molecule has 1 aliphatic rings. The van der Waals surface area contributed by atoms with E-state index in [0.717, 1.165) is 43.9 Å². The van der Waals surface area contributed by atoms with Crippen LogP contribution in [0.25, 0.3) is 11.2 Å². The first-order chi connectivity index (χ1) is 14.8. The maximum absolute atomic E-state index is 12.8. The van der Waals surface area contributed by atoms with Crippen LogP contribution in [-0.4, -0.2) is 51.2 Å². The van der Waals surface area contributed by atoms with Gasteiger partial charge in [-0.05, 0) is 57.1 Å². The summed E-state index contributed by atoms with van der Waals surface area (Å²) in [5.74, 6) is 0.979. The molecule has 31 heavy (non-hydrogen) atoms. The van der Waals surface area contributed by atoms with Crippen molar-refractivity contribution in [1.29, 1.82) is 0 Å². The summed E-state index contributed by atoms with van der Waals surface area (Å²) in [5.41, 5.74) is 2.29. The van der Waals surface area contributed by atoms with Crippen LogP contribution in [0.4, 0.5) is 5.82 Å². The second-order valence-electron chi connectivity index (χ2n) is 8.48. The van der Waals surface area contributed by atoms with Gasteiger partial charge in [0.1, 0.15) is 5.82 Å². The molecular weight excluding hydrogens is 416 g/mol. The second kappa shape index (κ2) is 8.43. The molecule has 0 radical (unpaired) electrons. The highest BCUT2D eigenvalue weighted by molar-refractivity contribution is 6.31. The number of nitrogens with zero attached hydrogens (tertiary/aromatic N) is 6. The summed E-state index contributed by atoms with van der Waals surface area (Å²) in [4.78, 5) is 38.8. The Morgan fingerprint density at radius 1 is 1.10 bits per heavy atom. The normalized spacial score (nSPS) is 15.2. The minimum Gasteiger partial charge on any atom is -0.356 e. The van der Waals surface area contributed by atoms with E-state index >= 15 is 0 Å². The van der Waals surface area contributed by atoms with Crippen LogP contribution in [0.5, 0.6) is 0 Å². The predicted molar refractivity (Wildman–Crippen MR) is 123 cm³/mol. The summed E-state index contributed by atoms with van der Waals surface area (Å²) in [6.07, 6.45) is 4.91. The Morgan fingerprint density at radius 3 is 2.45 bits per heavy atom. The van der Waals surface area contributed by atoms with Crippen LogP contribution in [0, 0.1) is 6.92 Å². The monoisotopic (exact) mass is 442 g/mol. The van der Waals surface area contributed by atoms with E-state index in [9.17, 15) is 9.59 Å². The first-order valence-corrected chi connectivity index (χ1v) is 10.8. The predicted octanol–water partition coefficient (Wildman–Crippen LogP) is 2.36. The second-order valence-corrected chi connectivity index (χ2v) is 8.91. The Balaban J connectivity index is 1.61. The Morgan fingerprint density at radius 2 is 1.81 bits per heavy atom. The molecule has 164 valence electrons. The summed E-state index contributed by atoms with van der Waals surface area (Å²) >= 11 is 6.08. The molecule has 0 amide bonds. The van der Waals surface area contributed by atoms with Gasteiger partial charge in [-0.1, -0.05) is 11.6 Å². The number of aryl methyl sites for hydroxylation is 2. The van der Waals surface area contributed by atoms with E-state index in [2.05, 4.69) is 27.8 Å². The van der Waals surface area contributed by atoms with Gasteiger partial charge in [0.15, 0.2) is 5.65 Å². The number of halogens is 1. The average molecular weight is 443 g/mol. The smallest absolute Gasteiger partial charge is 0.318 e. The van der Waals surface area contributed by atoms with Crippen LogP contribution in [-0.2, 0) is 13.6 Å². The molecule has 1 aliphatic heterocycles. The fraction of sp³-hybridized carbons (Fsp3) is 0.455. The first-order valence-electron chi connectivity index (χ1n) is 10.4. The van der Waals surface area contributed by atoms with Gasteiger partial charge in [0.2, 0.25) is 0 Å². The Bertz CT molecular complexity index is 1240. The zero-order valence-corrected chi connectivity index (χ0v) is 19.1. The molecule has 0 saturated carbocycles. The van der Waals surface area contributed by atoms with E-state index in [-0.39, 0.29) is 6.04 Å². The molecule has 0 spiro atoms. The molecule has 4 heterocycles. The Hall–Kier alpha value is -2.71. The van der Waals surface area contributed by atoms with Gasteiger partial charge in [-0.15, -0.1) is 0 Å². The van der Waals surface area contributed by atoms with Gasteiger partial charge in [-0.2, -0.15) is 0 Å². The highest BCUT2D eigenvalue weighted by Gasteiger charge is 2.26. The van der Waals surface area contributed by atoms with Gasteiger partial charge in [-0.3, -0.25) is 14.2 Å². The van der Waals surface area contributed by atoms with Crippen LogP contribution in [0.15, 0.2) is 34.1 Å². The van der Waals surface area contributed by atoms with Crippen molar-refractivity contribution in [3.63, 3.8) is 0 Å². The molecule has 4 rings (SSSR count). The number of hydrogen-bond donors (Lipinski definition) is 0. The van der Waals surface area contributed by atoms with Gasteiger partial charge in [0.05, 0.1) is 10.5 Å². The third kappa shape index (κ3) is 4.09. The van der Waals surface area contributed by atoms with Crippen LogP contribution >= 0.6 is 11.6 Å². The Kier molecular flexibility index (Phi) is 5.85. The quantitative estimate of drug-likeness (QED) is 0.577. The molecule has 8 nitrogen and oxygen atoms in total. The molecule has 1 saturated heterocycles. The zero-order valence-electron chi connectivity index (χ0n) is 18.3. The summed E-state index contributed by atoms with van der Waals surface area (Å²) < 4.78 is 2.89. The van der Waals surface area contributed by atoms with E-state index < -0.39 is 11.1 Å². The topological polar surface area (TPSA) is 76.3 Å². The number of hydrogen-bond acceptors (Lipinski definition) is 6. The van der Waals surface area contributed by atoms with Gasteiger partial charge in [0.25, 0.3) is 0 Å². The van der Waals surface area contributed by atoms with Crippen LogP contribution < -0.4 is 16.0 Å². The molecule has 1 fully saturated rings. The summed E-state index contributed by atoms with van der Waals surface area (Å²) in [6, 6.07) is 3.77. The van der Waals surface area contributed by atoms with Crippen molar-refractivity contribution in [1.82, 2.24) is 24.0 Å². The third-order valence-corrected chi connectivity index (χ3v) is 6.05. The molecule has 0 aromatic carbocycles. The molecular formula is C22H27ClN6O2. The largest absolute Gasteiger partial charge is 0.356 e. The van der Waals surface area contributed by atoms with E-state index in [1.54, 1.807) is 17.7 Å². The Labute approximate surface area is 185 Å². The summed E-state index contributed by atoms with van der Waals surface area (Å²) in [7, 11) is 5.66. The maximum atomic E-state index is 12.8. The number of aromatic nitrogens is 4. The molecule has 0 atom stereocenters. The summed E-state index contributed by atoms with van der Waals surface area (Å²) in [5, 5.41) is 0.432. The molecule has 3 aromatic heterocycles. The van der Waals surface area contributed by atoms with Crippen LogP contribution in [0.1, 0.15) is 30.0 Å². The van der Waals surface area contributed by atoms with Crippen molar-refractivity contribution in [3.8, 4) is 0 Å². The molecule has 0 bridgehead atoms. The third-order valence-electron chi connectivity index (χ3n) is 5.85. The fourth-order valence-corrected chi connectivity index (χ4v) is 4.54. The van der Waals surface area contributed by atoms with Crippen molar-refractivity contribution in [2.45, 2.75) is 32.4 Å². The van der Waals surface area contributed by atoms with Gasteiger partial charge < -0.3 is 14.4 Å². The number of pyridine rings is 2. The van der Waals surface area contributed by atoms with E-state index in [4.69, 9.17) is 16.6 Å². The average Bonchev–Trinajstić information content (AvgIpc) is 2.73. The van der Waals surface area contributed by atoms with Gasteiger partial charge >= 0.3 is 11.1 Å². The lowest BCUT2D eigenvalue weighted by molar-refractivity contribution is 0.390. The lowest BCUT2D eigenvalue weighted by Gasteiger charge is -2.34. The molecule has 0 unspecified atom stereocenters. The van der Waals surface area contributed by atoms with Gasteiger partial charge in [-0.25, -0.2) is 9.97 Å². The number of rotatable bonds is 4. The minimum atomic E-state index is -0.562. The SMILES string of the molecule is Cc1cc(CN(C)C)cnc1N1CCC(n2c(=O)c(=O)n(C)c3cc(Cl)cnc32)CC1. The molecule has 9 heteroatoms. The fourth-order valence-electron chi connectivity index (χ4n) is 4.39.